The first-order valence-electron chi connectivity index (χ1n) is 8.86. The van der Waals surface area contributed by atoms with Crippen molar-refractivity contribution in [2.45, 2.75) is 20.0 Å². The molecular formula is C20H15F3N6O. The predicted octanol–water partition coefficient (Wildman–Crippen LogP) is 4.07. The minimum absolute atomic E-state index is 0.0814. The van der Waals surface area contributed by atoms with Crippen molar-refractivity contribution in [1.29, 1.82) is 0 Å². The molecule has 3 aromatic heterocycles. The number of amides is 1. The van der Waals surface area contributed by atoms with E-state index in [0.29, 0.717) is 11.4 Å². The molecular weight excluding hydrogens is 397 g/mol. The van der Waals surface area contributed by atoms with Crippen LogP contribution in [-0.4, -0.2) is 30.5 Å². The van der Waals surface area contributed by atoms with E-state index in [9.17, 15) is 18.0 Å². The van der Waals surface area contributed by atoms with Crippen LogP contribution < -0.4 is 5.32 Å². The number of rotatable bonds is 3. The van der Waals surface area contributed by atoms with Crippen LogP contribution in [0.25, 0.3) is 16.9 Å². The zero-order valence-corrected chi connectivity index (χ0v) is 15.9. The molecule has 0 saturated heterocycles. The summed E-state index contributed by atoms with van der Waals surface area (Å²) < 4.78 is 41.6. The van der Waals surface area contributed by atoms with Crippen molar-refractivity contribution >= 4 is 17.4 Å². The number of anilines is 1. The molecule has 0 atom stereocenters. The lowest BCUT2D eigenvalue weighted by atomic mass is 10.0. The van der Waals surface area contributed by atoms with Crippen LogP contribution in [0.1, 0.15) is 27.3 Å². The van der Waals surface area contributed by atoms with Crippen molar-refractivity contribution in [3.8, 4) is 11.3 Å². The van der Waals surface area contributed by atoms with Crippen LogP contribution in [0.2, 0.25) is 0 Å². The third-order valence-corrected chi connectivity index (χ3v) is 4.42. The molecule has 152 valence electrons. The number of halogens is 3. The van der Waals surface area contributed by atoms with Crippen LogP contribution in [0.5, 0.6) is 0 Å². The van der Waals surface area contributed by atoms with Crippen molar-refractivity contribution in [3.05, 3.63) is 71.4 Å². The first-order chi connectivity index (χ1) is 14.2. The summed E-state index contributed by atoms with van der Waals surface area (Å²) in [6.45, 7) is 3.38. The molecule has 0 bridgehead atoms. The third-order valence-electron chi connectivity index (χ3n) is 4.42. The fourth-order valence-corrected chi connectivity index (χ4v) is 3.04. The molecule has 7 nitrogen and oxygen atoms in total. The van der Waals surface area contributed by atoms with E-state index < -0.39 is 17.6 Å². The highest BCUT2D eigenvalue weighted by atomic mass is 19.4. The fraction of sp³-hybridized carbons (Fsp3) is 0.150. The van der Waals surface area contributed by atoms with Crippen LogP contribution in [0.3, 0.4) is 0 Å². The number of fused-ring (bicyclic) bond motifs is 1. The summed E-state index contributed by atoms with van der Waals surface area (Å²) in [4.78, 5) is 25.3. The van der Waals surface area contributed by atoms with Gasteiger partial charge in [0.25, 0.3) is 5.91 Å². The van der Waals surface area contributed by atoms with E-state index in [4.69, 9.17) is 0 Å². The number of benzene rings is 1. The average molecular weight is 412 g/mol. The van der Waals surface area contributed by atoms with E-state index in [1.54, 1.807) is 13.8 Å². The molecule has 3 heterocycles. The Labute approximate surface area is 168 Å². The van der Waals surface area contributed by atoms with Crippen molar-refractivity contribution < 1.29 is 18.0 Å². The second-order valence-electron chi connectivity index (χ2n) is 6.58. The number of aryl methyl sites for hydroxylation is 2. The zero-order chi connectivity index (χ0) is 21.5. The topological polar surface area (TPSA) is 85.1 Å². The summed E-state index contributed by atoms with van der Waals surface area (Å²) in [6, 6.07) is 6.58. The standard InChI is InChI=1S/C20H15F3N6O/c1-11-9-25-16(10-24-11)27-19(30)17-12(2)28-29-8-7-15(26-18(17)29)13-5-3-4-6-14(13)20(21,22)23/h3-10H,1-2H3,(H,25,27,30). The summed E-state index contributed by atoms with van der Waals surface area (Å²) in [5, 5.41) is 6.84. The highest BCUT2D eigenvalue weighted by Crippen LogP contribution is 2.36. The fourth-order valence-electron chi connectivity index (χ4n) is 3.04. The Bertz CT molecular complexity index is 1250. The van der Waals surface area contributed by atoms with Gasteiger partial charge in [0, 0.05) is 11.8 Å². The van der Waals surface area contributed by atoms with Gasteiger partial charge in [-0.1, -0.05) is 18.2 Å². The molecule has 0 saturated carbocycles. The molecule has 1 amide bonds. The van der Waals surface area contributed by atoms with Crippen LogP contribution in [0, 0.1) is 13.8 Å². The van der Waals surface area contributed by atoms with Gasteiger partial charge in [-0.2, -0.15) is 18.3 Å². The van der Waals surface area contributed by atoms with E-state index >= 15 is 0 Å². The number of nitrogens with one attached hydrogen (secondary N) is 1. The Morgan fingerprint density at radius 1 is 1.07 bits per heavy atom. The van der Waals surface area contributed by atoms with Crippen LogP contribution >= 0.6 is 0 Å². The summed E-state index contributed by atoms with van der Waals surface area (Å²) in [6.07, 6.45) is -0.152. The number of aromatic nitrogens is 5. The molecule has 1 N–H and O–H groups in total. The Balaban J connectivity index is 1.79. The molecule has 1 aromatic carbocycles. The zero-order valence-electron chi connectivity index (χ0n) is 15.9. The van der Waals surface area contributed by atoms with Gasteiger partial charge in [-0.3, -0.25) is 9.78 Å². The monoisotopic (exact) mass is 412 g/mol. The normalized spacial score (nSPS) is 11.6. The minimum Gasteiger partial charge on any atom is -0.305 e. The number of carbonyl (C=O) groups is 1. The lowest BCUT2D eigenvalue weighted by molar-refractivity contribution is -0.137. The van der Waals surface area contributed by atoms with Crippen LogP contribution in [0.15, 0.2) is 48.9 Å². The van der Waals surface area contributed by atoms with Gasteiger partial charge in [-0.05, 0) is 26.0 Å². The molecule has 0 spiro atoms. The molecule has 4 rings (SSSR count). The molecule has 0 aliphatic carbocycles. The highest BCUT2D eigenvalue weighted by molar-refractivity contribution is 6.08. The van der Waals surface area contributed by atoms with Crippen molar-refractivity contribution in [2.24, 2.45) is 0 Å². The second kappa shape index (κ2) is 7.21. The first-order valence-corrected chi connectivity index (χ1v) is 8.86. The van der Waals surface area contributed by atoms with Gasteiger partial charge in [0.05, 0.1) is 35.0 Å². The Hall–Kier alpha value is -3.82. The van der Waals surface area contributed by atoms with E-state index in [1.165, 1.54) is 47.4 Å². The smallest absolute Gasteiger partial charge is 0.305 e. The molecule has 0 fully saturated rings. The van der Waals surface area contributed by atoms with Gasteiger partial charge in [0.2, 0.25) is 0 Å². The lowest BCUT2D eigenvalue weighted by Crippen LogP contribution is -2.14. The van der Waals surface area contributed by atoms with Crippen LogP contribution in [-0.2, 0) is 6.18 Å². The van der Waals surface area contributed by atoms with E-state index in [-0.39, 0.29) is 28.3 Å². The SMILES string of the molecule is Cc1cnc(NC(=O)c2c(C)nn3ccc(-c4ccccc4C(F)(F)F)nc23)cn1. The van der Waals surface area contributed by atoms with Crippen LogP contribution in [0.4, 0.5) is 19.0 Å². The van der Waals surface area contributed by atoms with Gasteiger partial charge >= 0.3 is 6.18 Å². The van der Waals surface area contributed by atoms with Gasteiger partial charge in [-0.25, -0.2) is 14.5 Å². The quantitative estimate of drug-likeness (QED) is 0.548. The number of hydrogen-bond acceptors (Lipinski definition) is 5. The highest BCUT2D eigenvalue weighted by Gasteiger charge is 2.33. The molecule has 0 unspecified atom stereocenters. The molecule has 30 heavy (non-hydrogen) atoms. The summed E-state index contributed by atoms with van der Waals surface area (Å²) in [7, 11) is 0. The van der Waals surface area contributed by atoms with E-state index in [0.717, 1.165) is 6.07 Å². The molecule has 0 aliphatic heterocycles. The van der Waals surface area contributed by atoms with E-state index in [2.05, 4.69) is 25.4 Å². The maximum Gasteiger partial charge on any atom is 0.417 e. The average Bonchev–Trinajstić information content (AvgIpc) is 3.04. The van der Waals surface area contributed by atoms with Gasteiger partial charge in [-0.15, -0.1) is 0 Å². The second-order valence-corrected chi connectivity index (χ2v) is 6.58. The largest absolute Gasteiger partial charge is 0.417 e. The molecule has 4 aromatic rings. The maximum atomic E-state index is 13.4. The number of nitrogens with zero attached hydrogens (tertiary/aromatic N) is 5. The maximum absolute atomic E-state index is 13.4. The predicted molar refractivity (Wildman–Crippen MR) is 103 cm³/mol. The minimum atomic E-state index is -4.54. The Morgan fingerprint density at radius 3 is 2.53 bits per heavy atom. The Kier molecular flexibility index (Phi) is 4.69. The summed E-state index contributed by atoms with van der Waals surface area (Å²) >= 11 is 0. The lowest BCUT2D eigenvalue weighted by Gasteiger charge is -2.12. The van der Waals surface area contributed by atoms with Gasteiger partial charge in [0.15, 0.2) is 11.5 Å². The third kappa shape index (κ3) is 3.59. The summed E-state index contributed by atoms with van der Waals surface area (Å²) in [5.74, 6) is -0.294. The number of alkyl halides is 3. The number of carbonyl (C=O) groups excluding carboxylic acids is 1. The number of hydrogen-bond donors (Lipinski definition) is 1. The first kappa shape index (κ1) is 19.5. The molecule has 0 aliphatic rings. The van der Waals surface area contributed by atoms with Crippen molar-refractivity contribution in [3.63, 3.8) is 0 Å². The van der Waals surface area contributed by atoms with Crippen molar-refractivity contribution in [1.82, 2.24) is 24.6 Å². The molecule has 0 radical (unpaired) electrons. The van der Waals surface area contributed by atoms with Crippen molar-refractivity contribution in [2.75, 3.05) is 5.32 Å². The van der Waals surface area contributed by atoms with Gasteiger partial charge in [0.1, 0.15) is 5.56 Å². The molecule has 10 heteroatoms. The summed E-state index contributed by atoms with van der Waals surface area (Å²) in [5.41, 5.74) is 0.542. The Morgan fingerprint density at radius 2 is 1.83 bits per heavy atom. The van der Waals surface area contributed by atoms with Gasteiger partial charge < -0.3 is 5.32 Å². The van der Waals surface area contributed by atoms with E-state index in [1.807, 2.05) is 0 Å².